The van der Waals surface area contributed by atoms with Crippen molar-refractivity contribution in [3.63, 3.8) is 0 Å². The predicted octanol–water partition coefficient (Wildman–Crippen LogP) is 2.42. The van der Waals surface area contributed by atoms with E-state index in [1.807, 2.05) is 0 Å². The van der Waals surface area contributed by atoms with Gasteiger partial charge in [0.1, 0.15) is 5.92 Å². The molecule has 1 atom stereocenters. The Labute approximate surface area is 98.7 Å². The summed E-state index contributed by atoms with van der Waals surface area (Å²) in [5, 5.41) is 19.9. The lowest BCUT2D eigenvalue weighted by molar-refractivity contribution is -0.151. The number of aliphatic carboxylic acids is 1. The minimum Gasteiger partial charge on any atom is -0.481 e. The summed E-state index contributed by atoms with van der Waals surface area (Å²) in [6.07, 6.45) is 1.98. The summed E-state index contributed by atoms with van der Waals surface area (Å²) in [5.41, 5.74) is -0.473. The molecule has 2 N–H and O–H groups in total. The van der Waals surface area contributed by atoms with Gasteiger partial charge < -0.3 is 10.2 Å². The van der Waals surface area contributed by atoms with Crippen molar-refractivity contribution in [2.45, 2.75) is 30.8 Å². The summed E-state index contributed by atoms with van der Waals surface area (Å²) in [7, 11) is 0. The first kappa shape index (κ1) is 11.4. The summed E-state index contributed by atoms with van der Waals surface area (Å²) < 4.78 is 0. The van der Waals surface area contributed by atoms with Gasteiger partial charge in [-0.2, -0.15) is 0 Å². The third-order valence-electron chi connectivity index (χ3n) is 3.21. The van der Waals surface area contributed by atoms with Crippen LogP contribution in [0.2, 0.25) is 5.02 Å². The van der Waals surface area contributed by atoms with Gasteiger partial charge in [0.05, 0.1) is 5.60 Å². The molecule has 0 aromatic heterocycles. The molecule has 0 heterocycles. The van der Waals surface area contributed by atoms with Crippen molar-refractivity contribution in [2.24, 2.45) is 0 Å². The standard InChI is InChI=1S/C12H13ClO3/c13-9-4-2-8(3-5-9)10(11(14)15)12(16)6-1-7-12/h2-5,10,16H,1,6-7H2,(H,14,15). The molecule has 1 aliphatic rings. The van der Waals surface area contributed by atoms with Gasteiger partial charge in [0.2, 0.25) is 0 Å². The van der Waals surface area contributed by atoms with Gasteiger partial charge in [0.25, 0.3) is 0 Å². The Balaban J connectivity index is 2.33. The molecule has 1 aliphatic carbocycles. The van der Waals surface area contributed by atoms with Gasteiger partial charge in [0, 0.05) is 5.02 Å². The zero-order chi connectivity index (χ0) is 11.8. The third-order valence-corrected chi connectivity index (χ3v) is 3.46. The van der Waals surface area contributed by atoms with Crippen molar-refractivity contribution in [2.75, 3.05) is 0 Å². The fourth-order valence-corrected chi connectivity index (χ4v) is 2.29. The lowest BCUT2D eigenvalue weighted by Gasteiger charge is -2.41. The zero-order valence-electron chi connectivity index (χ0n) is 8.69. The van der Waals surface area contributed by atoms with Gasteiger partial charge in [-0.3, -0.25) is 4.79 Å². The Hall–Kier alpha value is -1.06. The number of aliphatic hydroxyl groups is 1. The molecule has 0 bridgehead atoms. The largest absolute Gasteiger partial charge is 0.481 e. The molecular formula is C12H13ClO3. The van der Waals surface area contributed by atoms with E-state index in [1.54, 1.807) is 24.3 Å². The summed E-state index contributed by atoms with van der Waals surface area (Å²) in [5.74, 6) is -1.83. The van der Waals surface area contributed by atoms with E-state index >= 15 is 0 Å². The van der Waals surface area contributed by atoms with Crippen molar-refractivity contribution >= 4 is 17.6 Å². The average Bonchev–Trinajstić information content (AvgIpc) is 2.18. The molecule has 16 heavy (non-hydrogen) atoms. The summed E-state index contributed by atoms with van der Waals surface area (Å²) >= 11 is 5.75. The second-order valence-electron chi connectivity index (χ2n) is 4.28. The molecule has 0 radical (unpaired) electrons. The smallest absolute Gasteiger partial charge is 0.313 e. The highest BCUT2D eigenvalue weighted by Crippen LogP contribution is 2.43. The molecule has 3 nitrogen and oxygen atoms in total. The van der Waals surface area contributed by atoms with Crippen LogP contribution in [0.25, 0.3) is 0 Å². The maximum Gasteiger partial charge on any atom is 0.313 e. The maximum absolute atomic E-state index is 11.2. The van der Waals surface area contributed by atoms with E-state index in [2.05, 4.69) is 0 Å². The number of rotatable bonds is 3. The SMILES string of the molecule is O=C(O)C(c1ccc(Cl)cc1)C1(O)CCC1. The van der Waals surface area contributed by atoms with Crippen LogP contribution >= 0.6 is 11.6 Å². The van der Waals surface area contributed by atoms with Crippen LogP contribution in [0.4, 0.5) is 0 Å². The van der Waals surface area contributed by atoms with E-state index in [-0.39, 0.29) is 0 Å². The number of hydrogen-bond acceptors (Lipinski definition) is 2. The van der Waals surface area contributed by atoms with Crippen molar-refractivity contribution < 1.29 is 15.0 Å². The molecule has 0 aliphatic heterocycles. The number of hydrogen-bond donors (Lipinski definition) is 2. The van der Waals surface area contributed by atoms with Gasteiger partial charge in [-0.25, -0.2) is 0 Å². The first-order valence-electron chi connectivity index (χ1n) is 5.23. The minimum absolute atomic E-state index is 0.548. The number of carbonyl (C=O) groups is 1. The van der Waals surface area contributed by atoms with Crippen molar-refractivity contribution in [3.05, 3.63) is 34.9 Å². The van der Waals surface area contributed by atoms with Crippen LogP contribution in [0.5, 0.6) is 0 Å². The van der Waals surface area contributed by atoms with Crippen LogP contribution in [-0.2, 0) is 4.79 Å². The fourth-order valence-electron chi connectivity index (χ4n) is 2.17. The molecule has 0 saturated heterocycles. The topological polar surface area (TPSA) is 57.5 Å². The number of carboxylic acid groups (broad SMARTS) is 1. The van der Waals surface area contributed by atoms with E-state index in [9.17, 15) is 15.0 Å². The van der Waals surface area contributed by atoms with Crippen LogP contribution in [-0.4, -0.2) is 21.8 Å². The van der Waals surface area contributed by atoms with Crippen LogP contribution < -0.4 is 0 Å². The quantitative estimate of drug-likeness (QED) is 0.853. The maximum atomic E-state index is 11.2. The molecule has 1 unspecified atom stereocenters. The lowest BCUT2D eigenvalue weighted by Crippen LogP contribution is -2.46. The predicted molar refractivity (Wildman–Crippen MR) is 60.6 cm³/mol. The van der Waals surface area contributed by atoms with Crippen molar-refractivity contribution in [1.29, 1.82) is 0 Å². The second kappa shape index (κ2) is 4.07. The van der Waals surface area contributed by atoms with Gasteiger partial charge in [-0.1, -0.05) is 23.7 Å². The zero-order valence-corrected chi connectivity index (χ0v) is 9.44. The van der Waals surface area contributed by atoms with E-state index < -0.39 is 17.5 Å². The highest BCUT2D eigenvalue weighted by Gasteiger charge is 2.46. The highest BCUT2D eigenvalue weighted by molar-refractivity contribution is 6.30. The molecule has 0 spiro atoms. The second-order valence-corrected chi connectivity index (χ2v) is 4.72. The average molecular weight is 241 g/mol. The van der Waals surface area contributed by atoms with Gasteiger partial charge >= 0.3 is 5.97 Å². The molecular weight excluding hydrogens is 228 g/mol. The lowest BCUT2D eigenvalue weighted by atomic mass is 9.69. The molecule has 4 heteroatoms. The Morgan fingerprint density at radius 1 is 1.31 bits per heavy atom. The van der Waals surface area contributed by atoms with Crippen LogP contribution in [0.3, 0.4) is 0 Å². The van der Waals surface area contributed by atoms with Gasteiger partial charge in [-0.15, -0.1) is 0 Å². The Bertz CT molecular complexity index is 395. The fraction of sp³-hybridized carbons (Fsp3) is 0.417. The van der Waals surface area contributed by atoms with E-state index in [0.717, 1.165) is 6.42 Å². The Morgan fingerprint density at radius 3 is 2.25 bits per heavy atom. The number of carboxylic acids is 1. The first-order valence-corrected chi connectivity index (χ1v) is 5.61. The molecule has 1 aromatic rings. The normalized spacial score (nSPS) is 19.9. The van der Waals surface area contributed by atoms with Crippen LogP contribution in [0, 0.1) is 0 Å². The van der Waals surface area contributed by atoms with Crippen LogP contribution in [0.1, 0.15) is 30.7 Å². The van der Waals surface area contributed by atoms with E-state index in [0.29, 0.717) is 23.4 Å². The summed E-state index contributed by atoms with van der Waals surface area (Å²) in [6, 6.07) is 6.62. The van der Waals surface area contributed by atoms with E-state index in [4.69, 9.17) is 11.6 Å². The first-order chi connectivity index (χ1) is 7.53. The highest BCUT2D eigenvalue weighted by atomic mass is 35.5. The molecule has 0 amide bonds. The van der Waals surface area contributed by atoms with Gasteiger partial charge in [-0.05, 0) is 37.0 Å². The Morgan fingerprint density at radius 2 is 1.88 bits per heavy atom. The third kappa shape index (κ3) is 1.93. The van der Waals surface area contributed by atoms with Crippen LogP contribution in [0.15, 0.2) is 24.3 Å². The molecule has 1 fully saturated rings. The number of halogens is 1. The summed E-state index contributed by atoms with van der Waals surface area (Å²) in [6.45, 7) is 0. The molecule has 2 rings (SSSR count). The Kier molecular flexibility index (Phi) is 2.91. The van der Waals surface area contributed by atoms with Gasteiger partial charge in [0.15, 0.2) is 0 Å². The van der Waals surface area contributed by atoms with Crippen molar-refractivity contribution in [1.82, 2.24) is 0 Å². The van der Waals surface area contributed by atoms with Crippen molar-refractivity contribution in [3.8, 4) is 0 Å². The minimum atomic E-state index is -1.08. The molecule has 1 aromatic carbocycles. The molecule has 1 saturated carbocycles. The monoisotopic (exact) mass is 240 g/mol. The number of benzene rings is 1. The summed E-state index contributed by atoms with van der Waals surface area (Å²) in [4.78, 5) is 11.2. The van der Waals surface area contributed by atoms with E-state index in [1.165, 1.54) is 0 Å². The molecule has 86 valence electrons.